The van der Waals surface area contributed by atoms with Crippen LogP contribution in [-0.2, 0) is 0 Å². The van der Waals surface area contributed by atoms with Crippen LogP contribution in [0.5, 0.6) is 0 Å². The topological polar surface area (TPSA) is 12.9 Å². The Hall–Kier alpha value is -1.72. The van der Waals surface area contributed by atoms with E-state index in [-0.39, 0.29) is 0 Å². The van der Waals surface area contributed by atoms with Crippen LogP contribution < -0.4 is 0 Å². The lowest BCUT2D eigenvalue weighted by Gasteiger charge is -1.90. The van der Waals surface area contributed by atoms with Crippen LogP contribution in [-0.4, -0.2) is 4.98 Å². The Bertz CT molecular complexity index is 468. The highest BCUT2D eigenvalue weighted by molar-refractivity contribution is 8.03. The molecule has 0 saturated carbocycles. The van der Waals surface area contributed by atoms with Crippen molar-refractivity contribution < 1.29 is 0 Å². The lowest BCUT2D eigenvalue weighted by Crippen LogP contribution is -1.77. The van der Waals surface area contributed by atoms with Crippen LogP contribution in [0.25, 0.3) is 0 Å². The SMILES string of the molecule is C(#Cc1ccccn1)Sc1ccccc1. The van der Waals surface area contributed by atoms with Gasteiger partial charge in [-0.15, -0.1) is 0 Å². The molecule has 1 aromatic heterocycles. The summed E-state index contributed by atoms with van der Waals surface area (Å²) < 4.78 is 0. The third kappa shape index (κ3) is 3.16. The van der Waals surface area contributed by atoms with E-state index in [2.05, 4.69) is 16.2 Å². The Morgan fingerprint density at radius 2 is 1.73 bits per heavy atom. The summed E-state index contributed by atoms with van der Waals surface area (Å²) in [5.74, 6) is 2.99. The van der Waals surface area contributed by atoms with Gasteiger partial charge in [-0.2, -0.15) is 0 Å². The number of nitrogens with zero attached hydrogens (tertiary/aromatic N) is 1. The molecule has 0 fully saturated rings. The van der Waals surface area contributed by atoms with Crippen molar-refractivity contribution in [2.75, 3.05) is 0 Å². The first-order chi connectivity index (χ1) is 7.45. The molecule has 0 spiro atoms. The lowest BCUT2D eigenvalue weighted by atomic mass is 10.4. The van der Waals surface area contributed by atoms with E-state index in [1.165, 1.54) is 11.8 Å². The highest BCUT2D eigenvalue weighted by Crippen LogP contribution is 2.14. The molecular weight excluding hydrogens is 202 g/mol. The lowest BCUT2D eigenvalue weighted by molar-refractivity contribution is 1.29. The van der Waals surface area contributed by atoms with E-state index in [1.807, 2.05) is 48.5 Å². The van der Waals surface area contributed by atoms with Gasteiger partial charge >= 0.3 is 0 Å². The molecule has 2 heteroatoms. The Morgan fingerprint density at radius 3 is 2.47 bits per heavy atom. The summed E-state index contributed by atoms with van der Waals surface area (Å²) in [6.45, 7) is 0. The first kappa shape index (κ1) is 9.82. The molecule has 0 unspecified atom stereocenters. The summed E-state index contributed by atoms with van der Waals surface area (Å²) in [5, 5.41) is 3.02. The summed E-state index contributed by atoms with van der Waals surface area (Å²) in [6.07, 6.45) is 1.75. The van der Waals surface area contributed by atoms with Gasteiger partial charge < -0.3 is 0 Å². The van der Waals surface area contributed by atoms with Crippen molar-refractivity contribution in [1.29, 1.82) is 0 Å². The van der Waals surface area contributed by atoms with Crippen molar-refractivity contribution in [1.82, 2.24) is 4.98 Å². The van der Waals surface area contributed by atoms with Crippen LogP contribution >= 0.6 is 11.8 Å². The highest BCUT2D eigenvalue weighted by atomic mass is 32.2. The van der Waals surface area contributed by atoms with Gasteiger partial charge in [0.2, 0.25) is 0 Å². The van der Waals surface area contributed by atoms with E-state index in [1.54, 1.807) is 6.20 Å². The van der Waals surface area contributed by atoms with Crippen molar-refractivity contribution >= 4 is 11.8 Å². The Morgan fingerprint density at radius 1 is 0.933 bits per heavy atom. The third-order valence-electron chi connectivity index (χ3n) is 1.76. The predicted molar refractivity (Wildman–Crippen MR) is 63.4 cm³/mol. The fraction of sp³-hybridized carbons (Fsp3) is 0. The van der Waals surface area contributed by atoms with Crippen LogP contribution in [0.15, 0.2) is 59.6 Å². The van der Waals surface area contributed by atoms with Crippen LogP contribution in [0.3, 0.4) is 0 Å². The van der Waals surface area contributed by atoms with Crippen molar-refractivity contribution in [2.45, 2.75) is 4.90 Å². The van der Waals surface area contributed by atoms with Crippen LogP contribution in [0.2, 0.25) is 0 Å². The highest BCUT2D eigenvalue weighted by Gasteiger charge is 1.87. The molecule has 1 nitrogen and oxygen atoms in total. The molecule has 2 aromatic rings. The predicted octanol–water partition coefficient (Wildman–Crippen LogP) is 3.18. The Labute approximate surface area is 93.6 Å². The van der Waals surface area contributed by atoms with E-state index < -0.39 is 0 Å². The first-order valence-corrected chi connectivity index (χ1v) is 5.41. The maximum Gasteiger partial charge on any atom is 0.114 e. The number of hydrogen-bond donors (Lipinski definition) is 0. The van der Waals surface area contributed by atoms with E-state index in [9.17, 15) is 0 Å². The van der Waals surface area contributed by atoms with Gasteiger partial charge in [-0.3, -0.25) is 0 Å². The molecule has 0 N–H and O–H groups in total. The van der Waals surface area contributed by atoms with Crippen LogP contribution in [0, 0.1) is 11.2 Å². The van der Waals surface area contributed by atoms with Gasteiger partial charge in [-0.25, -0.2) is 4.98 Å². The molecule has 0 aliphatic rings. The zero-order chi connectivity index (χ0) is 10.3. The summed E-state index contributed by atoms with van der Waals surface area (Å²) >= 11 is 1.51. The molecule has 2 rings (SSSR count). The molecule has 15 heavy (non-hydrogen) atoms. The van der Waals surface area contributed by atoms with Crippen molar-refractivity contribution in [3.8, 4) is 11.2 Å². The van der Waals surface area contributed by atoms with Crippen molar-refractivity contribution in [2.24, 2.45) is 0 Å². The van der Waals surface area contributed by atoms with E-state index >= 15 is 0 Å². The molecule has 0 bridgehead atoms. The minimum atomic E-state index is 0.806. The molecule has 0 amide bonds. The largest absolute Gasteiger partial charge is 0.248 e. The van der Waals surface area contributed by atoms with Crippen molar-refractivity contribution in [3.05, 3.63) is 60.4 Å². The molecular formula is C13H9NS. The molecule has 1 heterocycles. The normalized spacial score (nSPS) is 9.07. The second-order valence-electron chi connectivity index (χ2n) is 2.86. The zero-order valence-electron chi connectivity index (χ0n) is 8.05. The Balaban J connectivity index is 2.03. The third-order valence-corrected chi connectivity index (χ3v) is 2.47. The standard InChI is InChI=1S/C13H9NS/c1-2-7-13(8-3-1)15-11-9-12-6-4-5-10-14-12/h1-8,10H. The van der Waals surface area contributed by atoms with E-state index in [0.29, 0.717) is 0 Å². The van der Waals surface area contributed by atoms with Gasteiger partial charge in [0, 0.05) is 11.1 Å². The summed E-state index contributed by atoms with van der Waals surface area (Å²) in [4.78, 5) is 5.28. The zero-order valence-corrected chi connectivity index (χ0v) is 8.87. The smallest absolute Gasteiger partial charge is 0.114 e. The molecule has 0 aliphatic heterocycles. The molecule has 0 saturated heterocycles. The van der Waals surface area contributed by atoms with Crippen LogP contribution in [0.4, 0.5) is 0 Å². The Kier molecular flexibility index (Phi) is 3.43. The quantitative estimate of drug-likeness (QED) is 0.531. The van der Waals surface area contributed by atoms with Gasteiger partial charge in [-0.1, -0.05) is 24.3 Å². The van der Waals surface area contributed by atoms with Gasteiger partial charge in [0.05, 0.1) is 0 Å². The molecule has 0 radical (unpaired) electrons. The minimum absolute atomic E-state index is 0.806. The fourth-order valence-corrected chi connectivity index (χ4v) is 1.63. The number of pyridine rings is 1. The molecule has 1 aromatic carbocycles. The second kappa shape index (κ2) is 5.23. The average molecular weight is 211 g/mol. The maximum absolute atomic E-state index is 4.12. The number of benzene rings is 1. The number of thioether (sulfide) groups is 1. The van der Waals surface area contributed by atoms with Crippen LogP contribution in [0.1, 0.15) is 5.69 Å². The monoisotopic (exact) mass is 211 g/mol. The van der Waals surface area contributed by atoms with E-state index in [4.69, 9.17) is 0 Å². The maximum atomic E-state index is 4.12. The van der Waals surface area contributed by atoms with Gasteiger partial charge in [0.15, 0.2) is 0 Å². The average Bonchev–Trinajstić information content (AvgIpc) is 2.32. The summed E-state index contributed by atoms with van der Waals surface area (Å²) in [7, 11) is 0. The van der Waals surface area contributed by atoms with Gasteiger partial charge in [0.1, 0.15) is 5.69 Å². The second-order valence-corrected chi connectivity index (χ2v) is 3.74. The fourth-order valence-electron chi connectivity index (χ4n) is 1.06. The first-order valence-electron chi connectivity index (χ1n) is 4.59. The minimum Gasteiger partial charge on any atom is -0.248 e. The van der Waals surface area contributed by atoms with Gasteiger partial charge in [0.25, 0.3) is 0 Å². The van der Waals surface area contributed by atoms with Gasteiger partial charge in [-0.05, 0) is 47.2 Å². The van der Waals surface area contributed by atoms with E-state index in [0.717, 1.165) is 10.6 Å². The number of rotatable bonds is 1. The number of hydrogen-bond acceptors (Lipinski definition) is 2. The van der Waals surface area contributed by atoms with Crippen molar-refractivity contribution in [3.63, 3.8) is 0 Å². The molecule has 72 valence electrons. The molecule has 0 aliphatic carbocycles. The molecule has 0 atom stereocenters. The summed E-state index contributed by atoms with van der Waals surface area (Å²) in [5.41, 5.74) is 0.806. The summed E-state index contributed by atoms with van der Waals surface area (Å²) in [6, 6.07) is 15.8. The number of aromatic nitrogens is 1.